The second-order valence-electron chi connectivity index (χ2n) is 6.51. The molecule has 0 aromatic heterocycles. The highest BCUT2D eigenvalue weighted by Gasteiger charge is 2.17. The number of hydrogen-bond acceptors (Lipinski definition) is 3. The Kier molecular flexibility index (Phi) is 6.10. The minimum atomic E-state index is -0.363. The molecule has 0 atom stereocenters. The third-order valence-corrected chi connectivity index (χ3v) is 4.64. The van der Waals surface area contributed by atoms with Gasteiger partial charge in [-0.1, -0.05) is 25.1 Å². The van der Waals surface area contributed by atoms with Crippen LogP contribution in [-0.2, 0) is 11.2 Å². The van der Waals surface area contributed by atoms with Crippen molar-refractivity contribution in [2.45, 2.75) is 32.6 Å². The number of ether oxygens (including phenoxy) is 1. The van der Waals surface area contributed by atoms with E-state index >= 15 is 0 Å². The summed E-state index contributed by atoms with van der Waals surface area (Å²) < 4.78 is 19.4. The predicted molar refractivity (Wildman–Crippen MR) is 102 cm³/mol. The molecule has 0 bridgehead atoms. The van der Waals surface area contributed by atoms with Crippen LogP contribution in [0.3, 0.4) is 0 Å². The van der Waals surface area contributed by atoms with E-state index in [2.05, 4.69) is 10.2 Å². The molecule has 2 aromatic rings. The van der Waals surface area contributed by atoms with Gasteiger partial charge in [-0.15, -0.1) is 0 Å². The molecule has 5 heteroatoms. The van der Waals surface area contributed by atoms with E-state index < -0.39 is 0 Å². The molecule has 1 fully saturated rings. The highest BCUT2D eigenvalue weighted by atomic mass is 19.1. The minimum absolute atomic E-state index is 0.104. The van der Waals surface area contributed by atoms with Crippen molar-refractivity contribution >= 4 is 17.3 Å². The van der Waals surface area contributed by atoms with Crippen molar-refractivity contribution in [3.63, 3.8) is 0 Å². The lowest BCUT2D eigenvalue weighted by Crippen LogP contribution is -2.31. The number of halogens is 1. The summed E-state index contributed by atoms with van der Waals surface area (Å²) in [6.45, 7) is 3.79. The van der Waals surface area contributed by atoms with Crippen LogP contribution < -0.4 is 15.0 Å². The molecule has 138 valence electrons. The predicted octanol–water partition coefficient (Wildman–Crippen LogP) is 4.40. The zero-order valence-electron chi connectivity index (χ0n) is 15.1. The lowest BCUT2D eigenvalue weighted by atomic mass is 10.1. The average molecular weight is 356 g/mol. The van der Waals surface area contributed by atoms with Crippen LogP contribution in [0.4, 0.5) is 15.8 Å². The number of para-hydroxylation sites is 1. The number of carbonyl (C=O) groups is 1. The Bertz CT molecular complexity index is 757. The van der Waals surface area contributed by atoms with Crippen LogP contribution in [0.15, 0.2) is 42.5 Å². The smallest absolute Gasteiger partial charge is 0.262 e. The van der Waals surface area contributed by atoms with Crippen LogP contribution in [0, 0.1) is 5.82 Å². The quantitative estimate of drug-likeness (QED) is 0.834. The Hall–Kier alpha value is -2.56. The van der Waals surface area contributed by atoms with E-state index in [1.54, 1.807) is 6.07 Å². The molecule has 1 amide bonds. The molecule has 0 radical (unpaired) electrons. The van der Waals surface area contributed by atoms with Crippen LogP contribution in [0.5, 0.6) is 5.75 Å². The molecule has 1 aliphatic heterocycles. The van der Waals surface area contributed by atoms with E-state index in [1.165, 1.54) is 18.6 Å². The highest BCUT2D eigenvalue weighted by Crippen LogP contribution is 2.29. The summed E-state index contributed by atoms with van der Waals surface area (Å²) in [5, 5.41) is 2.81. The van der Waals surface area contributed by atoms with Crippen molar-refractivity contribution in [2.24, 2.45) is 0 Å². The third-order valence-electron chi connectivity index (χ3n) is 4.64. The number of rotatable bonds is 6. The van der Waals surface area contributed by atoms with Gasteiger partial charge in [0.2, 0.25) is 0 Å². The van der Waals surface area contributed by atoms with Gasteiger partial charge in [0.05, 0.1) is 11.4 Å². The lowest BCUT2D eigenvalue weighted by molar-refractivity contribution is -0.118. The molecule has 2 aromatic carbocycles. The number of anilines is 2. The van der Waals surface area contributed by atoms with Gasteiger partial charge in [0.1, 0.15) is 11.6 Å². The molecule has 1 heterocycles. The summed E-state index contributed by atoms with van der Waals surface area (Å²) in [5.41, 5.74) is 2.43. The molecule has 0 spiro atoms. The maximum absolute atomic E-state index is 13.7. The van der Waals surface area contributed by atoms with Crippen molar-refractivity contribution in [3.05, 3.63) is 53.8 Å². The molecule has 1 aliphatic rings. The Morgan fingerprint density at radius 2 is 1.92 bits per heavy atom. The van der Waals surface area contributed by atoms with E-state index in [4.69, 9.17) is 4.74 Å². The summed E-state index contributed by atoms with van der Waals surface area (Å²) in [4.78, 5) is 14.6. The Balaban J connectivity index is 1.67. The first-order valence-electron chi connectivity index (χ1n) is 9.22. The van der Waals surface area contributed by atoms with Gasteiger partial charge in [-0.25, -0.2) is 4.39 Å². The lowest BCUT2D eigenvalue weighted by Gasteiger charge is -2.30. The summed E-state index contributed by atoms with van der Waals surface area (Å²) in [5.74, 6) is 0.0544. The molecule has 26 heavy (non-hydrogen) atoms. The first-order valence-corrected chi connectivity index (χ1v) is 9.22. The molecule has 3 rings (SSSR count). The number of amides is 1. The zero-order valence-corrected chi connectivity index (χ0v) is 15.1. The second-order valence-corrected chi connectivity index (χ2v) is 6.51. The Morgan fingerprint density at radius 3 is 2.69 bits per heavy atom. The fourth-order valence-corrected chi connectivity index (χ4v) is 3.29. The molecular formula is C21H25FN2O2. The van der Waals surface area contributed by atoms with Crippen molar-refractivity contribution in [2.75, 3.05) is 29.9 Å². The average Bonchev–Trinajstić information content (AvgIpc) is 2.67. The van der Waals surface area contributed by atoms with Gasteiger partial charge in [0.25, 0.3) is 5.91 Å². The van der Waals surface area contributed by atoms with E-state index in [0.717, 1.165) is 43.6 Å². The summed E-state index contributed by atoms with van der Waals surface area (Å²) in [6, 6.07) is 12.2. The van der Waals surface area contributed by atoms with Crippen LogP contribution >= 0.6 is 0 Å². The van der Waals surface area contributed by atoms with Gasteiger partial charge < -0.3 is 15.0 Å². The fourth-order valence-electron chi connectivity index (χ4n) is 3.29. The minimum Gasteiger partial charge on any atom is -0.483 e. The standard InChI is InChI=1S/C21H25FN2O2/c1-2-16-8-4-5-9-20(16)26-15-21(25)23-18-14-17(22)10-11-19(18)24-12-6-3-7-13-24/h4-5,8-11,14H,2-3,6-7,12-13,15H2,1H3,(H,23,25). The van der Waals surface area contributed by atoms with E-state index in [-0.39, 0.29) is 18.3 Å². The number of aryl methyl sites for hydroxylation is 1. The maximum Gasteiger partial charge on any atom is 0.262 e. The van der Waals surface area contributed by atoms with Crippen LogP contribution in [0.1, 0.15) is 31.7 Å². The number of hydrogen-bond donors (Lipinski definition) is 1. The van der Waals surface area contributed by atoms with Crippen molar-refractivity contribution < 1.29 is 13.9 Å². The SMILES string of the molecule is CCc1ccccc1OCC(=O)Nc1cc(F)ccc1N1CCCCC1. The first-order chi connectivity index (χ1) is 12.7. The molecule has 1 N–H and O–H groups in total. The monoisotopic (exact) mass is 356 g/mol. The van der Waals surface area contributed by atoms with Crippen molar-refractivity contribution in [1.29, 1.82) is 0 Å². The van der Waals surface area contributed by atoms with Gasteiger partial charge in [0.15, 0.2) is 6.61 Å². The molecule has 0 saturated carbocycles. The maximum atomic E-state index is 13.7. The van der Waals surface area contributed by atoms with Crippen LogP contribution in [0.2, 0.25) is 0 Å². The first kappa shape index (κ1) is 18.2. The fraction of sp³-hybridized carbons (Fsp3) is 0.381. The van der Waals surface area contributed by atoms with E-state index in [9.17, 15) is 9.18 Å². The Morgan fingerprint density at radius 1 is 1.15 bits per heavy atom. The van der Waals surface area contributed by atoms with Crippen molar-refractivity contribution in [3.8, 4) is 5.75 Å². The third kappa shape index (κ3) is 4.54. The summed E-state index contributed by atoms with van der Waals surface area (Å²) >= 11 is 0. The number of piperidine rings is 1. The van der Waals surface area contributed by atoms with Gasteiger partial charge in [0, 0.05) is 13.1 Å². The van der Waals surface area contributed by atoms with E-state index in [1.807, 2.05) is 31.2 Å². The number of benzene rings is 2. The molecule has 0 unspecified atom stereocenters. The Labute approximate surface area is 154 Å². The summed E-state index contributed by atoms with van der Waals surface area (Å²) in [7, 11) is 0. The van der Waals surface area contributed by atoms with Crippen LogP contribution in [-0.4, -0.2) is 25.6 Å². The number of nitrogens with one attached hydrogen (secondary N) is 1. The van der Waals surface area contributed by atoms with E-state index in [0.29, 0.717) is 11.4 Å². The number of carbonyl (C=O) groups excluding carboxylic acids is 1. The highest BCUT2D eigenvalue weighted by molar-refractivity contribution is 5.95. The van der Waals surface area contributed by atoms with Gasteiger partial charge in [-0.3, -0.25) is 4.79 Å². The molecule has 0 aliphatic carbocycles. The molecule has 1 saturated heterocycles. The summed E-state index contributed by atoms with van der Waals surface area (Å²) in [6.07, 6.45) is 4.27. The van der Waals surface area contributed by atoms with Gasteiger partial charge in [-0.05, 0) is 55.5 Å². The number of nitrogens with zero attached hydrogens (tertiary/aromatic N) is 1. The normalized spacial score (nSPS) is 14.2. The second kappa shape index (κ2) is 8.70. The van der Waals surface area contributed by atoms with Crippen molar-refractivity contribution in [1.82, 2.24) is 0 Å². The molecular weight excluding hydrogens is 331 g/mol. The topological polar surface area (TPSA) is 41.6 Å². The largest absolute Gasteiger partial charge is 0.483 e. The van der Waals surface area contributed by atoms with Crippen LogP contribution in [0.25, 0.3) is 0 Å². The zero-order chi connectivity index (χ0) is 18.4. The van der Waals surface area contributed by atoms with Gasteiger partial charge >= 0.3 is 0 Å². The van der Waals surface area contributed by atoms with Gasteiger partial charge in [-0.2, -0.15) is 0 Å². The molecule has 4 nitrogen and oxygen atoms in total.